The summed E-state index contributed by atoms with van der Waals surface area (Å²) >= 11 is 6.15. The summed E-state index contributed by atoms with van der Waals surface area (Å²) in [5.74, 6) is -0.937. The number of aromatic nitrogens is 1. The predicted octanol–water partition coefficient (Wildman–Crippen LogP) is 5.47. The molecule has 12 heteroatoms. The van der Waals surface area contributed by atoms with E-state index in [4.69, 9.17) is 30.8 Å². The lowest BCUT2D eigenvalue weighted by Gasteiger charge is -2.09. The molecule has 2 aromatic carbocycles. The number of ether oxygens (including phenoxy) is 2. The van der Waals surface area contributed by atoms with Crippen molar-refractivity contribution in [2.75, 3.05) is 6.61 Å². The van der Waals surface area contributed by atoms with Crippen LogP contribution < -0.4 is 9.47 Å². The third-order valence-electron chi connectivity index (χ3n) is 4.25. The first-order chi connectivity index (χ1) is 16.2. The highest BCUT2D eigenvalue weighted by molar-refractivity contribution is 6.32. The Labute approximate surface area is 196 Å². The van der Waals surface area contributed by atoms with Gasteiger partial charge in [-0.05, 0) is 48.9 Å². The summed E-state index contributed by atoms with van der Waals surface area (Å²) in [6.45, 7) is 1.92. The second-order valence-corrected chi connectivity index (χ2v) is 7.13. The van der Waals surface area contributed by atoms with Gasteiger partial charge in [0, 0.05) is 5.56 Å². The Balaban J connectivity index is 1.86. The molecule has 0 saturated heterocycles. The van der Waals surface area contributed by atoms with E-state index in [2.05, 4.69) is 15.0 Å². The monoisotopic (exact) mass is 498 g/mol. The van der Waals surface area contributed by atoms with Crippen molar-refractivity contribution in [3.8, 4) is 22.8 Å². The maximum atomic E-state index is 12.4. The maximum Gasteiger partial charge on any atom is 0.573 e. The van der Waals surface area contributed by atoms with Crippen LogP contribution in [0.3, 0.4) is 0 Å². The van der Waals surface area contributed by atoms with Crippen LogP contribution in [0.25, 0.3) is 11.3 Å². The molecule has 0 aliphatic rings. The minimum Gasteiger partial charge on any atom is -0.486 e. The van der Waals surface area contributed by atoms with Gasteiger partial charge in [-0.25, -0.2) is 0 Å². The van der Waals surface area contributed by atoms with Gasteiger partial charge in [-0.1, -0.05) is 28.0 Å². The zero-order valence-electron chi connectivity index (χ0n) is 17.6. The van der Waals surface area contributed by atoms with E-state index in [0.29, 0.717) is 29.0 Å². The van der Waals surface area contributed by atoms with E-state index in [1.54, 1.807) is 13.0 Å². The van der Waals surface area contributed by atoms with E-state index >= 15 is 0 Å². The van der Waals surface area contributed by atoms with Crippen LogP contribution in [0.4, 0.5) is 13.2 Å². The van der Waals surface area contributed by atoms with Gasteiger partial charge in [0.05, 0.1) is 23.2 Å². The summed E-state index contributed by atoms with van der Waals surface area (Å²) in [7, 11) is 0. The normalized spacial score (nSPS) is 11.6. The van der Waals surface area contributed by atoms with Gasteiger partial charge >= 0.3 is 12.3 Å². The van der Waals surface area contributed by atoms with Crippen molar-refractivity contribution < 1.29 is 41.9 Å². The highest BCUT2D eigenvalue weighted by Gasteiger charge is 2.31. The number of nitrogens with zero attached hydrogens (tertiary/aromatic N) is 2. The molecule has 0 aliphatic heterocycles. The van der Waals surface area contributed by atoms with E-state index in [1.165, 1.54) is 30.5 Å². The topological polar surface area (TPSA) is 103 Å². The molecule has 3 aromatic rings. The van der Waals surface area contributed by atoms with Crippen molar-refractivity contribution in [1.29, 1.82) is 0 Å². The highest BCUT2D eigenvalue weighted by atomic mass is 35.5. The Morgan fingerprint density at radius 3 is 2.62 bits per heavy atom. The Hall–Kier alpha value is -3.73. The summed E-state index contributed by atoms with van der Waals surface area (Å²) < 4.78 is 52.2. The first-order valence-corrected chi connectivity index (χ1v) is 10.2. The third kappa shape index (κ3) is 6.88. The van der Waals surface area contributed by atoms with Gasteiger partial charge in [0.25, 0.3) is 0 Å². The average Bonchev–Trinajstić information content (AvgIpc) is 3.16. The van der Waals surface area contributed by atoms with E-state index < -0.39 is 12.3 Å². The molecule has 0 amide bonds. The fraction of sp³-hybridized carbons (Fsp3) is 0.227. The number of hydrogen-bond acceptors (Lipinski definition) is 7. The molecule has 0 radical (unpaired) electrons. The lowest BCUT2D eigenvalue weighted by atomic mass is 10.1. The van der Waals surface area contributed by atoms with E-state index in [9.17, 15) is 18.0 Å². The standard InChI is InChI=1S/C22H18ClF3N2O6/c1-2-32-27-11-16-18(12-31-19-9-13(10-20(29)30)3-8-17(19)23)28-34-21(16)14-4-6-15(7-5-14)33-22(24,25)26/h3-9,11H,2,10,12H2,1H3,(H,29,30)/b27-11+. The van der Waals surface area contributed by atoms with Crippen molar-refractivity contribution in [3.05, 3.63) is 64.3 Å². The zero-order valence-corrected chi connectivity index (χ0v) is 18.4. The summed E-state index contributed by atoms with van der Waals surface area (Å²) in [5, 5.41) is 17.0. The number of alkyl halides is 3. The van der Waals surface area contributed by atoms with Crippen LogP contribution in [0.2, 0.25) is 5.02 Å². The number of aliphatic carboxylic acids is 1. The van der Waals surface area contributed by atoms with Crippen molar-refractivity contribution in [2.24, 2.45) is 5.16 Å². The van der Waals surface area contributed by atoms with Crippen LogP contribution in [0, 0.1) is 0 Å². The second-order valence-electron chi connectivity index (χ2n) is 6.72. The third-order valence-corrected chi connectivity index (χ3v) is 4.57. The van der Waals surface area contributed by atoms with E-state index in [-0.39, 0.29) is 35.3 Å². The SMILES string of the molecule is CCO/N=C/c1c(COc2cc(CC(=O)O)ccc2Cl)noc1-c1ccc(OC(F)(F)F)cc1. The van der Waals surface area contributed by atoms with Crippen LogP contribution in [-0.2, 0) is 22.7 Å². The molecule has 180 valence electrons. The molecule has 0 fully saturated rings. The molecule has 0 spiro atoms. The molecule has 1 heterocycles. The molecule has 8 nitrogen and oxygen atoms in total. The smallest absolute Gasteiger partial charge is 0.486 e. The molecule has 0 saturated carbocycles. The van der Waals surface area contributed by atoms with Crippen LogP contribution in [0.5, 0.6) is 11.5 Å². The molecule has 34 heavy (non-hydrogen) atoms. The lowest BCUT2D eigenvalue weighted by molar-refractivity contribution is -0.274. The molecule has 0 unspecified atom stereocenters. The number of benzene rings is 2. The minimum atomic E-state index is -4.81. The number of halogens is 4. The van der Waals surface area contributed by atoms with Crippen LogP contribution >= 0.6 is 11.6 Å². The number of hydrogen-bond donors (Lipinski definition) is 1. The first-order valence-electron chi connectivity index (χ1n) is 9.79. The van der Waals surface area contributed by atoms with Gasteiger partial charge < -0.3 is 23.9 Å². The van der Waals surface area contributed by atoms with Crippen LogP contribution in [0.1, 0.15) is 23.7 Å². The highest BCUT2D eigenvalue weighted by Crippen LogP contribution is 2.31. The Morgan fingerprint density at radius 1 is 1.24 bits per heavy atom. The van der Waals surface area contributed by atoms with Crippen LogP contribution in [-0.4, -0.2) is 35.4 Å². The average molecular weight is 499 g/mol. The fourth-order valence-electron chi connectivity index (χ4n) is 2.84. The number of rotatable bonds is 10. The van der Waals surface area contributed by atoms with Crippen molar-refractivity contribution >= 4 is 23.8 Å². The first kappa shape index (κ1) is 24.9. The number of carboxylic acids is 1. The Bertz CT molecular complexity index is 1160. The Morgan fingerprint density at radius 2 is 1.97 bits per heavy atom. The largest absolute Gasteiger partial charge is 0.573 e. The molecule has 0 atom stereocenters. The summed E-state index contributed by atoms with van der Waals surface area (Å²) in [6, 6.07) is 9.62. The van der Waals surface area contributed by atoms with Crippen molar-refractivity contribution in [1.82, 2.24) is 5.16 Å². The van der Waals surface area contributed by atoms with Crippen molar-refractivity contribution in [3.63, 3.8) is 0 Å². The lowest BCUT2D eigenvalue weighted by Crippen LogP contribution is -2.16. The fourth-order valence-corrected chi connectivity index (χ4v) is 3.01. The summed E-state index contributed by atoms with van der Waals surface area (Å²) in [5.41, 5.74) is 1.57. The van der Waals surface area contributed by atoms with E-state index in [0.717, 1.165) is 12.1 Å². The van der Waals surface area contributed by atoms with Gasteiger partial charge in [-0.2, -0.15) is 0 Å². The number of oxime groups is 1. The van der Waals surface area contributed by atoms with Crippen LogP contribution in [0.15, 0.2) is 52.1 Å². The van der Waals surface area contributed by atoms with E-state index in [1.807, 2.05) is 0 Å². The van der Waals surface area contributed by atoms with Gasteiger partial charge in [0.1, 0.15) is 30.4 Å². The van der Waals surface area contributed by atoms with Crippen molar-refractivity contribution in [2.45, 2.75) is 26.3 Å². The molecule has 1 N–H and O–H groups in total. The molecule has 1 aromatic heterocycles. The predicted molar refractivity (Wildman–Crippen MR) is 115 cm³/mol. The zero-order chi connectivity index (χ0) is 24.7. The quantitative estimate of drug-likeness (QED) is 0.292. The summed E-state index contributed by atoms with van der Waals surface area (Å²) in [4.78, 5) is 16.0. The molecule has 0 bridgehead atoms. The Kier molecular flexibility index (Phi) is 8.00. The second kappa shape index (κ2) is 10.9. The van der Waals surface area contributed by atoms with Gasteiger partial charge in [0.2, 0.25) is 0 Å². The number of carboxylic acid groups (broad SMARTS) is 1. The maximum absolute atomic E-state index is 12.4. The minimum absolute atomic E-state index is 0.123. The molecule has 3 rings (SSSR count). The molecule has 0 aliphatic carbocycles. The number of carbonyl (C=O) groups is 1. The van der Waals surface area contributed by atoms with Gasteiger partial charge in [-0.3, -0.25) is 4.79 Å². The van der Waals surface area contributed by atoms with Gasteiger partial charge in [-0.15, -0.1) is 13.2 Å². The summed E-state index contributed by atoms with van der Waals surface area (Å²) in [6.07, 6.45) is -3.67. The van der Waals surface area contributed by atoms with Gasteiger partial charge in [0.15, 0.2) is 5.76 Å². The molecular formula is C22H18ClF3N2O6. The molecular weight excluding hydrogens is 481 g/mol.